The molecule has 0 aliphatic heterocycles. The van der Waals surface area contributed by atoms with Gasteiger partial charge < -0.3 is 19.6 Å². The molecular weight excluding hydrogens is 502 g/mol. The second-order valence-electron chi connectivity index (χ2n) is 8.80. The Labute approximate surface area is 224 Å². The van der Waals surface area contributed by atoms with Gasteiger partial charge in [0.25, 0.3) is 5.91 Å². The van der Waals surface area contributed by atoms with Gasteiger partial charge in [0, 0.05) is 23.8 Å². The molecule has 0 unspecified atom stereocenters. The number of fused-ring (bicyclic) bond motifs is 1. The van der Waals surface area contributed by atoms with E-state index in [0.29, 0.717) is 23.0 Å². The molecule has 1 amide bonds. The third-order valence-electron chi connectivity index (χ3n) is 6.09. The minimum atomic E-state index is -1.13. The number of imidazole rings is 1. The average Bonchev–Trinajstić information content (AvgIpc) is 3.37. The first-order valence-electron chi connectivity index (χ1n) is 12.0. The number of nitrogens with zero attached hydrogens (tertiary/aromatic N) is 2. The lowest BCUT2D eigenvalue weighted by Crippen LogP contribution is -2.42. The van der Waals surface area contributed by atoms with Crippen LogP contribution in [0, 0.1) is 0 Å². The van der Waals surface area contributed by atoms with Crippen molar-refractivity contribution < 1.29 is 19.4 Å². The predicted octanol–water partition coefficient (Wildman–Crippen LogP) is 5.66. The van der Waals surface area contributed by atoms with Gasteiger partial charge in [-0.25, -0.2) is 9.78 Å². The van der Waals surface area contributed by atoms with Crippen molar-refractivity contribution in [2.75, 3.05) is 0 Å². The van der Waals surface area contributed by atoms with Gasteiger partial charge in [-0.3, -0.25) is 4.79 Å². The Hall–Kier alpha value is -4.62. The number of amides is 1. The lowest BCUT2D eigenvalue weighted by Gasteiger charge is -2.14. The highest BCUT2D eigenvalue weighted by Crippen LogP contribution is 2.23. The highest BCUT2D eigenvalue weighted by Gasteiger charge is 2.23. The molecule has 0 bridgehead atoms. The first-order valence-corrected chi connectivity index (χ1v) is 12.4. The van der Waals surface area contributed by atoms with E-state index in [4.69, 9.17) is 16.3 Å². The molecule has 7 nitrogen and oxygen atoms in total. The second-order valence-corrected chi connectivity index (χ2v) is 9.24. The van der Waals surface area contributed by atoms with E-state index >= 15 is 0 Å². The quantitative estimate of drug-likeness (QED) is 0.259. The van der Waals surface area contributed by atoms with Crippen LogP contribution in [0.25, 0.3) is 16.8 Å². The van der Waals surface area contributed by atoms with Gasteiger partial charge in [0.05, 0.1) is 0 Å². The first-order chi connectivity index (χ1) is 18.4. The van der Waals surface area contributed by atoms with Crippen molar-refractivity contribution in [2.45, 2.75) is 19.1 Å². The topological polar surface area (TPSA) is 92.9 Å². The number of carboxylic acid groups (broad SMARTS) is 1. The summed E-state index contributed by atoms with van der Waals surface area (Å²) in [6, 6.07) is 27.1. The fraction of sp³-hybridized carbons (Fsp3) is 0.100. The Morgan fingerprint density at radius 3 is 2.37 bits per heavy atom. The molecule has 0 saturated carbocycles. The van der Waals surface area contributed by atoms with Gasteiger partial charge in [-0.1, -0.05) is 66.2 Å². The number of rotatable bonds is 9. The van der Waals surface area contributed by atoms with Crippen LogP contribution in [0.1, 0.15) is 21.6 Å². The summed E-state index contributed by atoms with van der Waals surface area (Å²) >= 11 is 5.98. The van der Waals surface area contributed by atoms with Gasteiger partial charge in [-0.2, -0.15) is 0 Å². The average molecular weight is 526 g/mol. The number of carboxylic acids is 1. The SMILES string of the molecule is O=C(N[C@@H](Cc1ccc(OCc2ccccc2)cc1)C(=O)O)c1cn2ccc(-c3ccc(Cl)cc3)cc2n1. The lowest BCUT2D eigenvalue weighted by atomic mass is 10.1. The number of benzene rings is 3. The van der Waals surface area contributed by atoms with Crippen LogP contribution < -0.4 is 10.1 Å². The van der Waals surface area contributed by atoms with Crippen LogP contribution in [-0.4, -0.2) is 32.4 Å². The first kappa shape index (κ1) is 25.0. The number of carbonyl (C=O) groups excluding carboxylic acids is 1. The summed E-state index contributed by atoms with van der Waals surface area (Å²) in [6.45, 7) is 0.439. The smallest absolute Gasteiger partial charge is 0.326 e. The number of pyridine rings is 1. The van der Waals surface area contributed by atoms with Crippen LogP contribution in [0.5, 0.6) is 5.75 Å². The highest BCUT2D eigenvalue weighted by molar-refractivity contribution is 6.30. The third-order valence-corrected chi connectivity index (χ3v) is 6.34. The number of halogens is 1. The maximum absolute atomic E-state index is 12.9. The molecule has 8 heteroatoms. The maximum atomic E-state index is 12.9. The van der Waals surface area contributed by atoms with Crippen molar-refractivity contribution in [2.24, 2.45) is 0 Å². The summed E-state index contributed by atoms with van der Waals surface area (Å²) in [5.41, 5.74) is 4.40. The number of aliphatic carboxylic acids is 1. The van der Waals surface area contributed by atoms with E-state index in [1.807, 2.05) is 66.7 Å². The van der Waals surface area contributed by atoms with Crippen LogP contribution in [0.4, 0.5) is 0 Å². The minimum absolute atomic E-state index is 0.119. The number of hydrogen-bond acceptors (Lipinski definition) is 4. The van der Waals surface area contributed by atoms with Crippen molar-refractivity contribution in [3.63, 3.8) is 0 Å². The molecule has 190 valence electrons. The summed E-state index contributed by atoms with van der Waals surface area (Å²) in [7, 11) is 0. The number of aromatic nitrogens is 2. The summed E-state index contributed by atoms with van der Waals surface area (Å²) in [5.74, 6) is -1.01. The number of ether oxygens (including phenoxy) is 1. The number of hydrogen-bond donors (Lipinski definition) is 2. The molecule has 2 aromatic heterocycles. The van der Waals surface area contributed by atoms with E-state index in [1.54, 1.807) is 41.1 Å². The summed E-state index contributed by atoms with van der Waals surface area (Å²) < 4.78 is 7.51. The van der Waals surface area contributed by atoms with Crippen LogP contribution in [0.2, 0.25) is 5.02 Å². The van der Waals surface area contributed by atoms with E-state index < -0.39 is 17.9 Å². The normalized spacial score (nSPS) is 11.7. The fourth-order valence-corrected chi connectivity index (χ4v) is 4.17. The zero-order valence-corrected chi connectivity index (χ0v) is 21.0. The highest BCUT2D eigenvalue weighted by atomic mass is 35.5. The molecule has 5 rings (SSSR count). The van der Waals surface area contributed by atoms with E-state index in [0.717, 1.165) is 22.3 Å². The Morgan fingerprint density at radius 2 is 1.66 bits per heavy atom. The van der Waals surface area contributed by atoms with Crippen LogP contribution in [-0.2, 0) is 17.8 Å². The lowest BCUT2D eigenvalue weighted by molar-refractivity contribution is -0.139. The molecule has 0 spiro atoms. The van der Waals surface area contributed by atoms with Gasteiger partial charge in [-0.05, 0) is 58.7 Å². The molecule has 3 aromatic carbocycles. The molecule has 2 N–H and O–H groups in total. The summed E-state index contributed by atoms with van der Waals surface area (Å²) in [5, 5.41) is 13.0. The summed E-state index contributed by atoms with van der Waals surface area (Å²) in [4.78, 5) is 29.2. The summed E-state index contributed by atoms with van der Waals surface area (Å²) in [6.07, 6.45) is 3.50. The Kier molecular flexibility index (Phi) is 7.38. The van der Waals surface area contributed by atoms with Crippen LogP contribution in [0.3, 0.4) is 0 Å². The van der Waals surface area contributed by atoms with Crippen LogP contribution in [0.15, 0.2) is 103 Å². The predicted molar refractivity (Wildman–Crippen MR) is 145 cm³/mol. The van der Waals surface area contributed by atoms with Gasteiger partial charge in [-0.15, -0.1) is 0 Å². The van der Waals surface area contributed by atoms with Crippen molar-refractivity contribution >= 4 is 29.1 Å². The monoisotopic (exact) mass is 525 g/mol. The van der Waals surface area contributed by atoms with E-state index in [2.05, 4.69) is 10.3 Å². The zero-order chi connectivity index (χ0) is 26.5. The molecule has 2 heterocycles. The van der Waals surface area contributed by atoms with Crippen molar-refractivity contribution in [1.82, 2.24) is 14.7 Å². The second kappa shape index (κ2) is 11.2. The van der Waals surface area contributed by atoms with Gasteiger partial charge in [0.15, 0.2) is 0 Å². The number of carbonyl (C=O) groups is 2. The largest absolute Gasteiger partial charge is 0.489 e. The van der Waals surface area contributed by atoms with Crippen molar-refractivity contribution in [1.29, 1.82) is 0 Å². The molecular formula is C30H24ClN3O4. The molecule has 0 saturated heterocycles. The molecule has 5 aromatic rings. The molecule has 0 fully saturated rings. The maximum Gasteiger partial charge on any atom is 0.326 e. The Bertz CT molecular complexity index is 1570. The van der Waals surface area contributed by atoms with E-state index in [-0.39, 0.29) is 12.1 Å². The molecule has 0 aliphatic carbocycles. The third kappa shape index (κ3) is 6.02. The van der Waals surface area contributed by atoms with Crippen LogP contribution >= 0.6 is 11.6 Å². The Balaban J connectivity index is 1.24. The zero-order valence-electron chi connectivity index (χ0n) is 20.3. The van der Waals surface area contributed by atoms with E-state index in [1.165, 1.54) is 0 Å². The molecule has 38 heavy (non-hydrogen) atoms. The van der Waals surface area contributed by atoms with Crippen molar-refractivity contribution in [3.8, 4) is 16.9 Å². The van der Waals surface area contributed by atoms with Gasteiger partial charge in [0.2, 0.25) is 0 Å². The van der Waals surface area contributed by atoms with Crippen molar-refractivity contribution in [3.05, 3.63) is 125 Å². The fourth-order valence-electron chi connectivity index (χ4n) is 4.04. The number of nitrogens with one attached hydrogen (secondary N) is 1. The van der Waals surface area contributed by atoms with Gasteiger partial charge in [0.1, 0.15) is 29.7 Å². The Morgan fingerprint density at radius 1 is 0.921 bits per heavy atom. The molecule has 0 radical (unpaired) electrons. The molecule has 0 aliphatic rings. The van der Waals surface area contributed by atoms with Gasteiger partial charge >= 0.3 is 5.97 Å². The molecule has 1 atom stereocenters. The standard InChI is InChI=1S/C30H24ClN3O4/c31-24-10-8-22(9-11-24)23-14-15-34-18-27(32-28(34)17-23)29(35)33-26(30(36)37)16-20-6-12-25(13-7-20)38-19-21-4-2-1-3-5-21/h1-15,17-18,26H,16,19H2,(H,33,35)(H,36,37)/t26-/m0/s1. The van der Waals surface area contributed by atoms with E-state index in [9.17, 15) is 14.7 Å². The minimum Gasteiger partial charge on any atom is -0.489 e.